The number of amides is 1. The molecule has 2 aliphatic rings. The third-order valence-corrected chi connectivity index (χ3v) is 4.82. The number of carbonyl (C=O) groups excluding carboxylic acids is 1. The minimum atomic E-state index is -0.829. The van der Waals surface area contributed by atoms with Crippen molar-refractivity contribution in [1.82, 2.24) is 5.32 Å². The molecular formula is C18H23NO5. The molecule has 1 heterocycles. The van der Waals surface area contributed by atoms with Gasteiger partial charge < -0.3 is 19.9 Å². The highest BCUT2D eigenvalue weighted by atomic mass is 16.6. The van der Waals surface area contributed by atoms with Crippen molar-refractivity contribution in [2.24, 2.45) is 11.8 Å². The normalized spacial score (nSPS) is 18.7. The number of carbonyl (C=O) groups is 2. The van der Waals surface area contributed by atoms with Crippen LogP contribution in [0.3, 0.4) is 0 Å². The largest absolute Gasteiger partial charge is 0.486 e. The summed E-state index contributed by atoms with van der Waals surface area (Å²) in [5, 5.41) is 12.2. The van der Waals surface area contributed by atoms with Crippen molar-refractivity contribution >= 4 is 11.9 Å². The Morgan fingerprint density at radius 2 is 1.83 bits per heavy atom. The molecule has 3 rings (SSSR count). The number of aliphatic carboxylic acids is 1. The van der Waals surface area contributed by atoms with Crippen molar-refractivity contribution in [1.29, 1.82) is 0 Å². The molecule has 1 saturated carbocycles. The molecule has 1 aliphatic heterocycles. The second kappa shape index (κ2) is 7.55. The van der Waals surface area contributed by atoms with Gasteiger partial charge in [0.05, 0.1) is 5.92 Å². The molecule has 0 saturated heterocycles. The maximum absolute atomic E-state index is 12.3. The third kappa shape index (κ3) is 3.80. The van der Waals surface area contributed by atoms with Gasteiger partial charge in [0.15, 0.2) is 11.5 Å². The number of hydrogen-bond donors (Lipinski definition) is 2. The van der Waals surface area contributed by atoms with Crippen molar-refractivity contribution in [3.05, 3.63) is 23.8 Å². The van der Waals surface area contributed by atoms with E-state index in [0.717, 1.165) is 25.7 Å². The average Bonchev–Trinajstić information content (AvgIpc) is 2.62. The zero-order valence-corrected chi connectivity index (χ0v) is 13.6. The van der Waals surface area contributed by atoms with E-state index in [1.807, 2.05) is 0 Å². The van der Waals surface area contributed by atoms with Gasteiger partial charge in [-0.2, -0.15) is 0 Å². The predicted molar refractivity (Wildman–Crippen MR) is 87.5 cm³/mol. The number of carboxylic acids is 1. The highest BCUT2D eigenvalue weighted by Gasteiger charge is 2.29. The minimum Gasteiger partial charge on any atom is -0.486 e. The first-order valence-corrected chi connectivity index (χ1v) is 8.56. The van der Waals surface area contributed by atoms with Crippen LogP contribution in [0.5, 0.6) is 11.5 Å². The number of benzene rings is 1. The quantitative estimate of drug-likeness (QED) is 0.865. The summed E-state index contributed by atoms with van der Waals surface area (Å²) in [4.78, 5) is 23.9. The van der Waals surface area contributed by atoms with Gasteiger partial charge in [0.1, 0.15) is 13.2 Å². The molecular weight excluding hydrogens is 310 g/mol. The van der Waals surface area contributed by atoms with Crippen LogP contribution >= 0.6 is 0 Å². The molecule has 0 spiro atoms. The zero-order chi connectivity index (χ0) is 16.9. The highest BCUT2D eigenvalue weighted by molar-refractivity contribution is 5.95. The number of hydrogen-bond acceptors (Lipinski definition) is 4. The van der Waals surface area contributed by atoms with Gasteiger partial charge in [0.2, 0.25) is 0 Å². The maximum atomic E-state index is 12.3. The van der Waals surface area contributed by atoms with Crippen molar-refractivity contribution in [2.75, 3.05) is 19.8 Å². The summed E-state index contributed by atoms with van der Waals surface area (Å²) in [6.45, 7) is 1.12. The van der Waals surface area contributed by atoms with Crippen LogP contribution in [0.4, 0.5) is 0 Å². The van der Waals surface area contributed by atoms with E-state index in [2.05, 4.69) is 5.32 Å². The highest BCUT2D eigenvalue weighted by Crippen LogP contribution is 2.31. The van der Waals surface area contributed by atoms with Gasteiger partial charge in [0.25, 0.3) is 5.91 Å². The number of carboxylic acid groups (broad SMARTS) is 1. The Labute approximate surface area is 141 Å². The van der Waals surface area contributed by atoms with Gasteiger partial charge in [-0.05, 0) is 37.0 Å². The zero-order valence-electron chi connectivity index (χ0n) is 13.6. The molecule has 1 aromatic rings. The monoisotopic (exact) mass is 333 g/mol. The molecule has 1 amide bonds. The van der Waals surface area contributed by atoms with Crippen LogP contribution < -0.4 is 14.8 Å². The second-order valence-electron chi connectivity index (χ2n) is 6.41. The van der Waals surface area contributed by atoms with Crippen molar-refractivity contribution < 1.29 is 24.2 Å². The Balaban J connectivity index is 1.62. The van der Waals surface area contributed by atoms with Crippen LogP contribution in [0.1, 0.15) is 42.5 Å². The molecule has 6 heteroatoms. The standard InChI is InChI=1S/C18H23NO5/c20-17(13-6-7-15-16(10-13)24-9-8-23-15)19-11-14(18(21)22)12-4-2-1-3-5-12/h6-7,10,12,14H,1-5,8-9,11H2,(H,19,20)(H,21,22). The van der Waals surface area contributed by atoms with E-state index in [-0.39, 0.29) is 18.4 Å². The Morgan fingerprint density at radius 3 is 2.54 bits per heavy atom. The van der Waals surface area contributed by atoms with E-state index in [4.69, 9.17) is 9.47 Å². The third-order valence-electron chi connectivity index (χ3n) is 4.82. The summed E-state index contributed by atoms with van der Waals surface area (Å²) in [6, 6.07) is 5.01. The van der Waals surface area contributed by atoms with Gasteiger partial charge >= 0.3 is 5.97 Å². The lowest BCUT2D eigenvalue weighted by Gasteiger charge is -2.27. The molecule has 130 valence electrons. The van der Waals surface area contributed by atoms with Crippen LogP contribution in [0, 0.1) is 11.8 Å². The topological polar surface area (TPSA) is 84.9 Å². The van der Waals surface area contributed by atoms with Crippen molar-refractivity contribution in [3.8, 4) is 11.5 Å². The van der Waals surface area contributed by atoms with Gasteiger partial charge in [-0.15, -0.1) is 0 Å². The summed E-state index contributed by atoms with van der Waals surface area (Å²) in [6.07, 6.45) is 5.18. The first-order valence-electron chi connectivity index (χ1n) is 8.56. The fourth-order valence-corrected chi connectivity index (χ4v) is 3.48. The van der Waals surface area contributed by atoms with Crippen molar-refractivity contribution in [3.63, 3.8) is 0 Å². The van der Waals surface area contributed by atoms with E-state index in [0.29, 0.717) is 30.3 Å². The van der Waals surface area contributed by atoms with Crippen LogP contribution in [0.15, 0.2) is 18.2 Å². The lowest BCUT2D eigenvalue weighted by atomic mass is 9.80. The summed E-state index contributed by atoms with van der Waals surface area (Å²) in [5.41, 5.74) is 0.451. The Bertz CT molecular complexity index is 609. The Hall–Kier alpha value is -2.24. The van der Waals surface area contributed by atoms with Crippen molar-refractivity contribution in [2.45, 2.75) is 32.1 Å². The Morgan fingerprint density at radius 1 is 1.12 bits per heavy atom. The smallest absolute Gasteiger partial charge is 0.308 e. The van der Waals surface area contributed by atoms with E-state index < -0.39 is 11.9 Å². The number of ether oxygens (including phenoxy) is 2. The maximum Gasteiger partial charge on any atom is 0.308 e. The molecule has 1 unspecified atom stereocenters. The molecule has 0 bridgehead atoms. The summed E-state index contributed by atoms with van der Waals surface area (Å²) in [7, 11) is 0. The fourth-order valence-electron chi connectivity index (χ4n) is 3.48. The molecule has 6 nitrogen and oxygen atoms in total. The van der Waals surface area contributed by atoms with Crippen LogP contribution in [0.2, 0.25) is 0 Å². The number of fused-ring (bicyclic) bond motifs is 1. The molecule has 24 heavy (non-hydrogen) atoms. The van der Waals surface area contributed by atoms with Crippen LogP contribution in [-0.4, -0.2) is 36.7 Å². The van der Waals surface area contributed by atoms with Gasteiger partial charge in [-0.1, -0.05) is 19.3 Å². The second-order valence-corrected chi connectivity index (χ2v) is 6.41. The fraction of sp³-hybridized carbons (Fsp3) is 0.556. The van der Waals surface area contributed by atoms with Gasteiger partial charge in [-0.3, -0.25) is 9.59 Å². The van der Waals surface area contributed by atoms with Gasteiger partial charge in [0, 0.05) is 12.1 Å². The SMILES string of the molecule is O=C(NCC(C(=O)O)C1CCCCC1)c1ccc2c(c1)OCCO2. The first-order chi connectivity index (χ1) is 11.6. The number of rotatable bonds is 5. The summed E-state index contributed by atoms with van der Waals surface area (Å²) < 4.78 is 10.9. The molecule has 0 aromatic heterocycles. The minimum absolute atomic E-state index is 0.150. The lowest BCUT2D eigenvalue weighted by Crippen LogP contribution is -2.37. The van der Waals surface area contributed by atoms with E-state index in [1.165, 1.54) is 6.42 Å². The summed E-state index contributed by atoms with van der Waals surface area (Å²) in [5.74, 6) is -0.305. The molecule has 1 atom stereocenters. The van der Waals surface area contributed by atoms with E-state index >= 15 is 0 Å². The number of nitrogens with one attached hydrogen (secondary N) is 1. The molecule has 0 radical (unpaired) electrons. The molecule has 1 aromatic carbocycles. The van der Waals surface area contributed by atoms with Crippen LogP contribution in [0.25, 0.3) is 0 Å². The predicted octanol–water partition coefficient (Wildman–Crippen LogP) is 2.47. The Kier molecular flexibility index (Phi) is 5.23. The van der Waals surface area contributed by atoms with E-state index in [1.54, 1.807) is 18.2 Å². The molecule has 1 fully saturated rings. The molecule has 2 N–H and O–H groups in total. The van der Waals surface area contributed by atoms with E-state index in [9.17, 15) is 14.7 Å². The molecule has 1 aliphatic carbocycles. The average molecular weight is 333 g/mol. The first kappa shape index (κ1) is 16.6. The summed E-state index contributed by atoms with van der Waals surface area (Å²) >= 11 is 0. The van der Waals surface area contributed by atoms with Crippen LogP contribution in [-0.2, 0) is 4.79 Å². The van der Waals surface area contributed by atoms with Gasteiger partial charge in [-0.25, -0.2) is 0 Å². The lowest BCUT2D eigenvalue weighted by molar-refractivity contribution is -0.143.